The molecule has 1 aliphatic heterocycles. The first-order chi connectivity index (χ1) is 22.0. The van der Waals surface area contributed by atoms with Gasteiger partial charge in [-0.05, 0) is 43.6 Å². The molecule has 0 unspecified atom stereocenters. The van der Waals surface area contributed by atoms with Gasteiger partial charge in [0.15, 0.2) is 0 Å². The lowest BCUT2D eigenvalue weighted by atomic mass is 9.85. The van der Waals surface area contributed by atoms with E-state index < -0.39 is 29.4 Å². The molecule has 3 rings (SSSR count). The van der Waals surface area contributed by atoms with Gasteiger partial charge in [0.2, 0.25) is 17.7 Å². The highest BCUT2D eigenvalue weighted by atomic mass is 32.1. The maximum absolute atomic E-state index is 13.7. The fourth-order valence-corrected chi connectivity index (χ4v) is 6.01. The Hall–Kier alpha value is -3.17. The van der Waals surface area contributed by atoms with E-state index in [1.807, 2.05) is 33.2 Å². The van der Waals surface area contributed by atoms with E-state index >= 15 is 0 Å². The Morgan fingerprint density at radius 1 is 1.00 bits per heavy atom. The highest BCUT2D eigenvalue weighted by Crippen LogP contribution is 2.31. The number of hydrogen-bond acceptors (Lipinski definition) is 10. The van der Waals surface area contributed by atoms with E-state index in [9.17, 15) is 19.2 Å². The van der Waals surface area contributed by atoms with E-state index in [0.29, 0.717) is 39.1 Å². The van der Waals surface area contributed by atoms with Crippen LogP contribution in [-0.2, 0) is 38.1 Å². The number of ether oxygens (including phenoxy) is 4. The van der Waals surface area contributed by atoms with Crippen molar-refractivity contribution in [2.45, 2.75) is 65.5 Å². The lowest BCUT2D eigenvalue weighted by Gasteiger charge is -2.35. The number of carboxylic acid groups (broad SMARTS) is 1. The summed E-state index contributed by atoms with van der Waals surface area (Å²) in [5, 5.41) is 14.3. The SMILES string of the molecule is Cc1ncsc1C1=CC=C(CNC(=O)[C@@H]2CCCN2C(=O)[C@@H](NC(=O)COCCOCCOCCOCC(=O)O)C(C)(C)C)CC1. The number of rotatable bonds is 19. The van der Waals surface area contributed by atoms with Crippen LogP contribution in [0.3, 0.4) is 0 Å². The van der Waals surface area contributed by atoms with E-state index in [1.165, 1.54) is 10.5 Å². The zero-order valence-electron chi connectivity index (χ0n) is 27.3. The molecule has 1 aliphatic carbocycles. The Labute approximate surface area is 274 Å². The standard InChI is InChI=1S/C32H48N4O9S/c1-22-28(46-21-34-22)24-9-7-23(8-10-24)18-33-30(40)25-6-5-11-36(25)31(41)29(32(2,3)4)35-26(37)19-44-16-14-42-12-13-43-15-17-45-20-27(38)39/h7,9,21,25,29H,5-6,8,10-20H2,1-4H3,(H,33,40)(H,35,37)(H,38,39)/t25-,29+/m0/s1. The third-order valence-electron chi connectivity index (χ3n) is 7.59. The Morgan fingerprint density at radius 3 is 2.22 bits per heavy atom. The normalized spacial score (nSPS) is 17.3. The van der Waals surface area contributed by atoms with Crippen LogP contribution in [0.15, 0.2) is 23.2 Å². The van der Waals surface area contributed by atoms with Crippen LogP contribution in [0.1, 0.15) is 57.0 Å². The highest BCUT2D eigenvalue weighted by Gasteiger charge is 2.41. The van der Waals surface area contributed by atoms with E-state index in [1.54, 1.807) is 16.2 Å². The van der Waals surface area contributed by atoms with Crippen molar-refractivity contribution >= 4 is 40.6 Å². The molecule has 1 fully saturated rings. The summed E-state index contributed by atoms with van der Waals surface area (Å²) in [6.07, 6.45) is 7.20. The molecule has 1 aromatic heterocycles. The minimum atomic E-state index is -1.03. The van der Waals surface area contributed by atoms with E-state index in [2.05, 4.69) is 27.8 Å². The van der Waals surface area contributed by atoms with Crippen molar-refractivity contribution in [2.75, 3.05) is 65.9 Å². The molecule has 1 saturated heterocycles. The number of thiazole rings is 1. The topological polar surface area (TPSA) is 166 Å². The van der Waals surface area contributed by atoms with Crippen LogP contribution in [-0.4, -0.2) is 117 Å². The third kappa shape index (κ3) is 12.2. The summed E-state index contributed by atoms with van der Waals surface area (Å²) in [4.78, 5) is 57.2. The molecular weight excluding hydrogens is 616 g/mol. The predicted octanol–water partition coefficient (Wildman–Crippen LogP) is 2.34. The summed E-state index contributed by atoms with van der Waals surface area (Å²) >= 11 is 1.64. The van der Waals surface area contributed by atoms with Crippen molar-refractivity contribution in [3.05, 3.63) is 33.8 Å². The lowest BCUT2D eigenvalue weighted by molar-refractivity contribution is -0.144. The van der Waals surface area contributed by atoms with Gasteiger partial charge in [0.05, 0.1) is 55.7 Å². The second-order valence-corrected chi connectivity index (χ2v) is 13.1. The van der Waals surface area contributed by atoms with E-state index in [0.717, 1.165) is 24.1 Å². The van der Waals surface area contributed by atoms with Crippen LogP contribution >= 0.6 is 11.3 Å². The zero-order valence-corrected chi connectivity index (χ0v) is 28.1. The van der Waals surface area contributed by atoms with Crippen LogP contribution < -0.4 is 10.6 Å². The molecule has 2 atom stereocenters. The first-order valence-electron chi connectivity index (χ1n) is 15.7. The van der Waals surface area contributed by atoms with Gasteiger partial charge < -0.3 is 39.6 Å². The number of nitrogens with zero attached hydrogens (tertiary/aromatic N) is 2. The maximum atomic E-state index is 13.7. The van der Waals surface area contributed by atoms with Gasteiger partial charge in [-0.1, -0.05) is 38.5 Å². The molecule has 3 N–H and O–H groups in total. The van der Waals surface area contributed by atoms with Gasteiger partial charge in [-0.15, -0.1) is 11.3 Å². The fraction of sp³-hybridized carbons (Fsp3) is 0.656. The van der Waals surface area contributed by atoms with Gasteiger partial charge in [0.25, 0.3) is 0 Å². The molecule has 46 heavy (non-hydrogen) atoms. The second-order valence-electron chi connectivity index (χ2n) is 12.3. The number of carboxylic acids is 1. The van der Waals surface area contributed by atoms with Gasteiger partial charge in [-0.3, -0.25) is 14.4 Å². The van der Waals surface area contributed by atoms with Crippen LogP contribution in [0.25, 0.3) is 5.57 Å². The van der Waals surface area contributed by atoms with Gasteiger partial charge in [0, 0.05) is 13.1 Å². The van der Waals surface area contributed by atoms with Crippen molar-refractivity contribution in [2.24, 2.45) is 5.41 Å². The van der Waals surface area contributed by atoms with Crippen molar-refractivity contribution in [1.82, 2.24) is 20.5 Å². The fourth-order valence-electron chi connectivity index (χ4n) is 5.15. The molecule has 256 valence electrons. The second kappa shape index (κ2) is 18.8. The number of aryl methyl sites for hydroxylation is 1. The molecule has 0 radical (unpaired) electrons. The molecule has 0 spiro atoms. The highest BCUT2D eigenvalue weighted by molar-refractivity contribution is 7.10. The zero-order chi connectivity index (χ0) is 33.5. The number of amides is 3. The van der Waals surface area contributed by atoms with Crippen LogP contribution in [0.2, 0.25) is 0 Å². The van der Waals surface area contributed by atoms with Crippen LogP contribution in [0.4, 0.5) is 0 Å². The molecule has 1 aromatic rings. The molecule has 14 heteroatoms. The summed E-state index contributed by atoms with van der Waals surface area (Å²) in [5.41, 5.74) is 4.70. The number of allylic oxidation sites excluding steroid dienone is 3. The number of aliphatic carboxylic acids is 1. The van der Waals surface area contributed by atoms with Gasteiger partial charge in [0.1, 0.15) is 25.3 Å². The first-order valence-corrected chi connectivity index (χ1v) is 16.5. The summed E-state index contributed by atoms with van der Waals surface area (Å²) in [6, 6.07) is -1.41. The number of nitrogens with one attached hydrogen (secondary N) is 2. The quantitative estimate of drug-likeness (QED) is 0.187. The average molecular weight is 665 g/mol. The van der Waals surface area contributed by atoms with Crippen molar-refractivity contribution in [3.8, 4) is 0 Å². The smallest absolute Gasteiger partial charge is 0.329 e. The Bertz CT molecular complexity index is 1240. The number of carbonyl (C=O) groups excluding carboxylic acids is 3. The molecular formula is C32H48N4O9S. The molecule has 0 saturated carbocycles. The molecule has 0 bridgehead atoms. The third-order valence-corrected chi connectivity index (χ3v) is 8.60. The summed E-state index contributed by atoms with van der Waals surface area (Å²) in [7, 11) is 0. The number of hydrogen-bond donors (Lipinski definition) is 3. The minimum Gasteiger partial charge on any atom is -0.480 e. The molecule has 3 amide bonds. The number of carbonyl (C=O) groups is 4. The number of aromatic nitrogens is 1. The van der Waals surface area contributed by atoms with Crippen molar-refractivity contribution < 1.29 is 43.2 Å². The van der Waals surface area contributed by atoms with Gasteiger partial charge in [-0.2, -0.15) is 0 Å². The van der Waals surface area contributed by atoms with E-state index in [-0.39, 0.29) is 51.5 Å². The Balaban J connectivity index is 1.39. The Kier molecular flexibility index (Phi) is 15.3. The van der Waals surface area contributed by atoms with Crippen molar-refractivity contribution in [3.63, 3.8) is 0 Å². The van der Waals surface area contributed by atoms with Crippen LogP contribution in [0, 0.1) is 12.3 Å². The maximum Gasteiger partial charge on any atom is 0.329 e. The molecule has 13 nitrogen and oxygen atoms in total. The minimum absolute atomic E-state index is 0.177. The molecule has 2 aliphatic rings. The monoisotopic (exact) mass is 664 g/mol. The van der Waals surface area contributed by atoms with Gasteiger partial charge >= 0.3 is 5.97 Å². The molecule has 0 aromatic carbocycles. The lowest BCUT2D eigenvalue weighted by Crippen LogP contribution is -2.58. The first kappa shape index (κ1) is 37.3. The largest absolute Gasteiger partial charge is 0.480 e. The summed E-state index contributed by atoms with van der Waals surface area (Å²) < 4.78 is 20.9. The summed E-state index contributed by atoms with van der Waals surface area (Å²) in [5.74, 6) is -1.92. The predicted molar refractivity (Wildman–Crippen MR) is 172 cm³/mol. The Morgan fingerprint density at radius 2 is 1.65 bits per heavy atom. The van der Waals surface area contributed by atoms with Crippen LogP contribution in [0.5, 0.6) is 0 Å². The van der Waals surface area contributed by atoms with E-state index in [4.69, 9.17) is 24.1 Å². The molecule has 2 heterocycles. The van der Waals surface area contributed by atoms with Crippen molar-refractivity contribution in [1.29, 1.82) is 0 Å². The average Bonchev–Trinajstić information content (AvgIpc) is 3.68. The number of likely N-dealkylation sites (tertiary alicyclic amines) is 1. The summed E-state index contributed by atoms with van der Waals surface area (Å²) in [6.45, 7) is 9.41. The van der Waals surface area contributed by atoms with Gasteiger partial charge in [-0.25, -0.2) is 9.78 Å².